The summed E-state index contributed by atoms with van der Waals surface area (Å²) in [7, 11) is -3.20. The Bertz CT molecular complexity index is 565. The Hall–Kier alpha value is -0.500. The molecule has 0 bridgehead atoms. The van der Waals surface area contributed by atoms with E-state index in [9.17, 15) is 8.42 Å². The molecule has 1 atom stereocenters. The van der Waals surface area contributed by atoms with E-state index in [1.807, 2.05) is 0 Å². The van der Waals surface area contributed by atoms with E-state index in [4.69, 9.17) is 16.7 Å². The Morgan fingerprint density at radius 1 is 1.63 bits per heavy atom. The minimum Gasteiger partial charge on any atom is -0.392 e. The Balaban J connectivity index is 2.38. The van der Waals surface area contributed by atoms with E-state index in [0.717, 1.165) is 5.75 Å². The maximum atomic E-state index is 11.8. The minimum absolute atomic E-state index is 0.141. The lowest BCUT2D eigenvalue weighted by Gasteiger charge is -2.35. The van der Waals surface area contributed by atoms with Crippen LogP contribution in [0.25, 0.3) is 0 Å². The summed E-state index contributed by atoms with van der Waals surface area (Å²) in [5, 5.41) is 8.80. The summed E-state index contributed by atoms with van der Waals surface area (Å²) >= 11 is 7.75. The molecule has 19 heavy (non-hydrogen) atoms. The van der Waals surface area contributed by atoms with E-state index >= 15 is 0 Å². The van der Waals surface area contributed by atoms with Crippen molar-refractivity contribution in [1.29, 1.82) is 0 Å². The fourth-order valence-electron chi connectivity index (χ4n) is 1.95. The molecule has 2 heterocycles. The van der Waals surface area contributed by atoms with Crippen molar-refractivity contribution >= 4 is 39.0 Å². The molecule has 1 unspecified atom stereocenters. The highest BCUT2D eigenvalue weighted by Crippen LogP contribution is 2.30. The summed E-state index contributed by atoms with van der Waals surface area (Å²) in [6, 6.07) is 1.62. The highest BCUT2D eigenvalue weighted by Gasteiger charge is 2.32. The van der Waals surface area contributed by atoms with Crippen LogP contribution >= 0.6 is 23.4 Å². The molecule has 1 saturated heterocycles. The van der Waals surface area contributed by atoms with Crippen LogP contribution < -0.4 is 4.90 Å². The SMILES string of the molecule is CS(=O)(=O)C1CSCCN1c1ncc(CO)cc1Cl. The monoisotopic (exact) mass is 322 g/mol. The lowest BCUT2D eigenvalue weighted by Crippen LogP contribution is -2.47. The largest absolute Gasteiger partial charge is 0.392 e. The van der Waals surface area contributed by atoms with Gasteiger partial charge < -0.3 is 10.0 Å². The summed E-state index contributed by atoms with van der Waals surface area (Å²) in [5.41, 5.74) is 0.607. The van der Waals surface area contributed by atoms with Gasteiger partial charge in [-0.05, 0) is 11.6 Å². The molecular weight excluding hydrogens is 308 g/mol. The number of halogens is 1. The van der Waals surface area contributed by atoms with Crippen LogP contribution in [-0.4, -0.2) is 48.2 Å². The van der Waals surface area contributed by atoms with Crippen LogP contribution in [-0.2, 0) is 16.4 Å². The number of anilines is 1. The van der Waals surface area contributed by atoms with E-state index < -0.39 is 15.2 Å². The van der Waals surface area contributed by atoms with E-state index in [1.165, 1.54) is 12.5 Å². The molecule has 106 valence electrons. The third-order valence-electron chi connectivity index (χ3n) is 2.91. The molecule has 1 aromatic rings. The number of sulfone groups is 1. The number of nitrogens with zero attached hydrogens (tertiary/aromatic N) is 2. The Labute approximate surface area is 121 Å². The van der Waals surface area contributed by atoms with Crippen molar-refractivity contribution in [3.63, 3.8) is 0 Å². The summed E-state index contributed by atoms with van der Waals surface area (Å²) in [6.07, 6.45) is 2.74. The lowest BCUT2D eigenvalue weighted by molar-refractivity contribution is 0.281. The Morgan fingerprint density at radius 2 is 2.37 bits per heavy atom. The van der Waals surface area contributed by atoms with Gasteiger partial charge in [-0.3, -0.25) is 0 Å². The van der Waals surface area contributed by atoms with Crippen LogP contribution in [0.3, 0.4) is 0 Å². The molecule has 1 aliphatic rings. The van der Waals surface area contributed by atoms with Crippen molar-refractivity contribution in [1.82, 2.24) is 4.98 Å². The highest BCUT2D eigenvalue weighted by atomic mass is 35.5. The standard InChI is InChI=1S/C11H15ClN2O3S2/c1-19(16,17)10-7-18-3-2-14(10)11-9(12)4-8(6-15)5-13-11/h4-5,10,15H,2-3,6-7H2,1H3. The number of aliphatic hydroxyl groups excluding tert-OH is 1. The zero-order valence-corrected chi connectivity index (χ0v) is 12.8. The Kier molecular flexibility index (Phi) is 4.60. The molecule has 1 aliphatic heterocycles. The maximum Gasteiger partial charge on any atom is 0.169 e. The van der Waals surface area contributed by atoms with Crippen LogP contribution in [0.1, 0.15) is 5.56 Å². The van der Waals surface area contributed by atoms with Gasteiger partial charge in [0.1, 0.15) is 11.2 Å². The first-order valence-electron chi connectivity index (χ1n) is 5.72. The first-order valence-corrected chi connectivity index (χ1v) is 9.20. The Morgan fingerprint density at radius 3 is 2.95 bits per heavy atom. The van der Waals surface area contributed by atoms with Gasteiger partial charge in [-0.1, -0.05) is 11.6 Å². The van der Waals surface area contributed by atoms with Crippen LogP contribution in [0.2, 0.25) is 5.02 Å². The van der Waals surface area contributed by atoms with Gasteiger partial charge in [0, 0.05) is 30.5 Å². The smallest absolute Gasteiger partial charge is 0.169 e. The number of aliphatic hydroxyl groups is 1. The molecule has 0 aromatic carbocycles. The molecule has 0 amide bonds. The molecule has 2 rings (SSSR count). The maximum absolute atomic E-state index is 11.8. The molecule has 1 fully saturated rings. The fourth-order valence-corrected chi connectivity index (χ4v) is 5.06. The first kappa shape index (κ1) is 14.9. The number of hydrogen-bond acceptors (Lipinski definition) is 6. The number of rotatable bonds is 3. The van der Waals surface area contributed by atoms with Crippen molar-refractivity contribution in [2.75, 3.05) is 29.2 Å². The van der Waals surface area contributed by atoms with E-state index in [-0.39, 0.29) is 6.61 Å². The van der Waals surface area contributed by atoms with Gasteiger partial charge in [-0.25, -0.2) is 13.4 Å². The highest BCUT2D eigenvalue weighted by molar-refractivity contribution is 8.01. The second-order valence-electron chi connectivity index (χ2n) is 4.36. The molecule has 1 aromatic heterocycles. The van der Waals surface area contributed by atoms with Gasteiger partial charge >= 0.3 is 0 Å². The van der Waals surface area contributed by atoms with Gasteiger partial charge in [-0.15, -0.1) is 0 Å². The van der Waals surface area contributed by atoms with Crippen molar-refractivity contribution < 1.29 is 13.5 Å². The average Bonchev–Trinajstić information content (AvgIpc) is 2.37. The van der Waals surface area contributed by atoms with E-state index in [0.29, 0.717) is 28.7 Å². The number of pyridine rings is 1. The van der Waals surface area contributed by atoms with Gasteiger partial charge in [0.05, 0.1) is 11.6 Å². The normalized spacial score (nSPS) is 20.6. The zero-order valence-electron chi connectivity index (χ0n) is 10.4. The third-order valence-corrected chi connectivity index (χ3v) is 5.83. The van der Waals surface area contributed by atoms with Gasteiger partial charge in [0.15, 0.2) is 9.84 Å². The predicted molar refractivity (Wildman–Crippen MR) is 78.5 cm³/mol. The van der Waals surface area contributed by atoms with Gasteiger partial charge in [0.25, 0.3) is 0 Å². The van der Waals surface area contributed by atoms with E-state index in [1.54, 1.807) is 22.7 Å². The molecule has 1 N–H and O–H groups in total. The van der Waals surface area contributed by atoms with Crippen molar-refractivity contribution in [3.05, 3.63) is 22.8 Å². The zero-order chi connectivity index (χ0) is 14.0. The van der Waals surface area contributed by atoms with Crippen molar-refractivity contribution in [3.8, 4) is 0 Å². The molecule has 8 heteroatoms. The molecule has 0 aliphatic carbocycles. The molecule has 0 radical (unpaired) electrons. The third kappa shape index (κ3) is 3.34. The quantitative estimate of drug-likeness (QED) is 0.900. The predicted octanol–water partition coefficient (Wildman–Crippen LogP) is 1.15. The second kappa shape index (κ2) is 5.87. The topological polar surface area (TPSA) is 70.5 Å². The molecule has 5 nitrogen and oxygen atoms in total. The second-order valence-corrected chi connectivity index (χ2v) is 8.12. The summed E-state index contributed by atoms with van der Waals surface area (Å²) in [5.74, 6) is 1.82. The lowest BCUT2D eigenvalue weighted by atomic mass is 10.3. The van der Waals surface area contributed by atoms with Gasteiger partial charge in [0.2, 0.25) is 0 Å². The van der Waals surface area contributed by atoms with Crippen molar-refractivity contribution in [2.24, 2.45) is 0 Å². The number of thioether (sulfide) groups is 1. The van der Waals surface area contributed by atoms with Crippen LogP contribution in [0.4, 0.5) is 5.82 Å². The number of aromatic nitrogens is 1. The number of hydrogen-bond donors (Lipinski definition) is 1. The van der Waals surface area contributed by atoms with Crippen molar-refractivity contribution in [2.45, 2.75) is 12.0 Å². The fraction of sp³-hybridized carbons (Fsp3) is 0.545. The molecule has 0 saturated carbocycles. The first-order chi connectivity index (χ1) is 8.93. The summed E-state index contributed by atoms with van der Waals surface area (Å²) in [6.45, 7) is 0.450. The van der Waals surface area contributed by atoms with Gasteiger partial charge in [-0.2, -0.15) is 11.8 Å². The van der Waals surface area contributed by atoms with Crippen LogP contribution in [0, 0.1) is 0 Å². The molecule has 0 spiro atoms. The van der Waals surface area contributed by atoms with Crippen LogP contribution in [0.5, 0.6) is 0 Å². The average molecular weight is 323 g/mol. The molecular formula is C11H15ClN2O3S2. The van der Waals surface area contributed by atoms with Crippen LogP contribution in [0.15, 0.2) is 12.3 Å². The summed E-state index contributed by atoms with van der Waals surface area (Å²) in [4.78, 5) is 5.93. The van der Waals surface area contributed by atoms with E-state index in [2.05, 4.69) is 4.98 Å². The summed E-state index contributed by atoms with van der Waals surface area (Å²) < 4.78 is 23.7. The minimum atomic E-state index is -3.20.